The largest absolute Gasteiger partial charge is 0.490 e. The lowest BCUT2D eigenvalue weighted by Gasteiger charge is -2.27. The number of hydrogen-bond acceptors (Lipinski definition) is 9. The van der Waals surface area contributed by atoms with E-state index in [4.69, 9.17) is 30.8 Å². The van der Waals surface area contributed by atoms with Gasteiger partial charge in [-0.25, -0.2) is 18.7 Å². The number of amides is 1. The van der Waals surface area contributed by atoms with Gasteiger partial charge in [0, 0.05) is 30.6 Å². The second-order valence-electron chi connectivity index (χ2n) is 10.3. The zero-order valence-corrected chi connectivity index (χ0v) is 23.8. The Balaban J connectivity index is 0.000000541. The molecule has 1 aromatic carbocycles. The molecule has 4 aromatic rings. The molecule has 0 saturated carbocycles. The van der Waals surface area contributed by atoms with Crippen molar-refractivity contribution >= 4 is 34.7 Å². The number of anilines is 1. The average Bonchev–Trinajstić information content (AvgIpc) is 3.62. The van der Waals surface area contributed by atoms with Crippen molar-refractivity contribution < 1.29 is 41.5 Å². The summed E-state index contributed by atoms with van der Waals surface area (Å²) in [6.45, 7) is 8.54. The van der Waals surface area contributed by atoms with Crippen LogP contribution in [0.15, 0.2) is 35.2 Å². The molecule has 1 amide bonds. The number of morpholine rings is 1. The number of benzene rings is 1. The summed E-state index contributed by atoms with van der Waals surface area (Å²) in [6.07, 6.45) is -1.82. The van der Waals surface area contributed by atoms with E-state index in [0.717, 1.165) is 18.8 Å². The third kappa shape index (κ3) is 7.37. The molecule has 0 atom stereocenters. The molecule has 5 rings (SSSR count). The fourth-order valence-electron chi connectivity index (χ4n) is 3.90. The van der Waals surface area contributed by atoms with E-state index in [1.54, 1.807) is 16.6 Å². The zero-order chi connectivity index (χ0) is 31.5. The third-order valence-corrected chi connectivity index (χ3v) is 6.57. The number of hydrogen-bond donors (Lipinski definition) is 2. The number of ether oxygens (including phenoxy) is 1. The Morgan fingerprint density at radius 2 is 1.84 bits per heavy atom. The van der Waals surface area contributed by atoms with E-state index in [1.165, 1.54) is 6.33 Å². The standard InChI is InChI=1S/C24H25ClFN7O3.C2HF3O2/c1-24(2,3)23-30-22(36-31-23)21(34)27-11-14-4-5-16(19(26)18(14)25)20-17-10-15(12-33(17)29-13-28-20)32-6-8-35-9-7-32;3-2(4,5)1(6)7/h4-5,10,12-13H,6-9,11H2,1-3H3,(H,27,34);(H,6,7). The molecule has 17 heteroatoms. The predicted octanol–water partition coefficient (Wildman–Crippen LogP) is 4.27. The highest BCUT2D eigenvalue weighted by atomic mass is 35.5. The van der Waals surface area contributed by atoms with E-state index in [9.17, 15) is 18.0 Å². The molecule has 43 heavy (non-hydrogen) atoms. The second kappa shape index (κ2) is 12.5. The van der Waals surface area contributed by atoms with E-state index in [-0.39, 0.29) is 28.4 Å². The Morgan fingerprint density at radius 3 is 2.44 bits per heavy atom. The van der Waals surface area contributed by atoms with Gasteiger partial charge in [-0.3, -0.25) is 4.79 Å². The number of aliphatic carboxylic acids is 1. The molecule has 230 valence electrons. The highest BCUT2D eigenvalue weighted by Crippen LogP contribution is 2.33. The molecule has 0 unspecified atom stereocenters. The number of alkyl halides is 3. The Labute approximate surface area is 246 Å². The Hall–Kier alpha value is -4.31. The number of nitrogens with zero attached hydrogens (tertiary/aromatic N) is 6. The van der Waals surface area contributed by atoms with Crippen LogP contribution in [0.4, 0.5) is 23.2 Å². The first kappa shape index (κ1) is 31.6. The van der Waals surface area contributed by atoms with E-state index < -0.39 is 23.9 Å². The van der Waals surface area contributed by atoms with Crippen molar-refractivity contribution in [3.05, 3.63) is 58.8 Å². The van der Waals surface area contributed by atoms with Crippen molar-refractivity contribution in [2.24, 2.45) is 0 Å². The molecule has 0 radical (unpaired) electrons. The van der Waals surface area contributed by atoms with Gasteiger partial charge in [0.05, 0.1) is 35.6 Å². The molecule has 3 aromatic heterocycles. The smallest absolute Gasteiger partial charge is 0.475 e. The first-order valence-electron chi connectivity index (χ1n) is 12.7. The molecule has 1 saturated heterocycles. The minimum absolute atomic E-state index is 0.0202. The van der Waals surface area contributed by atoms with Crippen LogP contribution < -0.4 is 10.2 Å². The van der Waals surface area contributed by atoms with Gasteiger partial charge < -0.3 is 24.6 Å². The van der Waals surface area contributed by atoms with E-state index in [1.807, 2.05) is 33.0 Å². The number of fused-ring (bicyclic) bond motifs is 1. The minimum atomic E-state index is -5.08. The van der Waals surface area contributed by atoms with Gasteiger partial charge in [0.2, 0.25) is 0 Å². The number of nitrogens with one attached hydrogen (secondary N) is 1. The summed E-state index contributed by atoms with van der Waals surface area (Å²) in [5.74, 6) is -3.71. The van der Waals surface area contributed by atoms with Crippen LogP contribution in [0.1, 0.15) is 42.8 Å². The van der Waals surface area contributed by atoms with Gasteiger partial charge in [-0.2, -0.15) is 23.3 Å². The van der Waals surface area contributed by atoms with Gasteiger partial charge in [-0.1, -0.05) is 43.6 Å². The van der Waals surface area contributed by atoms with Gasteiger partial charge in [-0.05, 0) is 17.7 Å². The zero-order valence-electron chi connectivity index (χ0n) is 23.1. The first-order valence-corrected chi connectivity index (χ1v) is 13.1. The number of halogens is 5. The molecule has 1 aliphatic heterocycles. The number of rotatable bonds is 5. The molecule has 2 N–H and O–H groups in total. The molecule has 0 bridgehead atoms. The molecular weight excluding hydrogens is 602 g/mol. The topological polar surface area (TPSA) is 148 Å². The predicted molar refractivity (Wildman–Crippen MR) is 144 cm³/mol. The van der Waals surface area contributed by atoms with Gasteiger partial charge in [0.1, 0.15) is 12.0 Å². The van der Waals surface area contributed by atoms with Crippen LogP contribution in [0.25, 0.3) is 16.8 Å². The Kier molecular flexibility index (Phi) is 9.20. The second-order valence-corrected chi connectivity index (χ2v) is 10.7. The molecule has 12 nitrogen and oxygen atoms in total. The summed E-state index contributed by atoms with van der Waals surface area (Å²) in [5.41, 5.74) is 2.31. The van der Waals surface area contributed by atoms with E-state index >= 15 is 4.39 Å². The molecule has 4 heterocycles. The lowest BCUT2D eigenvalue weighted by molar-refractivity contribution is -0.192. The molecular formula is C26H26ClF4N7O5. The van der Waals surface area contributed by atoms with Crippen molar-refractivity contribution in [2.75, 3.05) is 31.2 Å². The Bertz CT molecular complexity index is 1630. The van der Waals surface area contributed by atoms with Crippen LogP contribution in [0, 0.1) is 5.82 Å². The fraction of sp³-hybridized carbons (Fsp3) is 0.385. The van der Waals surface area contributed by atoms with Crippen LogP contribution in [0.2, 0.25) is 5.02 Å². The summed E-state index contributed by atoms with van der Waals surface area (Å²) in [6, 6.07) is 5.18. The van der Waals surface area contributed by atoms with Crippen molar-refractivity contribution in [3.8, 4) is 11.3 Å². The maximum absolute atomic E-state index is 15.4. The van der Waals surface area contributed by atoms with Crippen LogP contribution in [0.3, 0.4) is 0 Å². The van der Waals surface area contributed by atoms with Crippen LogP contribution in [-0.4, -0.2) is 74.2 Å². The number of carboxylic acid groups (broad SMARTS) is 1. The Morgan fingerprint density at radius 1 is 1.16 bits per heavy atom. The molecule has 1 fully saturated rings. The number of carbonyl (C=O) groups is 2. The molecule has 0 aliphatic carbocycles. The molecule has 1 aliphatic rings. The lowest BCUT2D eigenvalue weighted by Crippen LogP contribution is -2.35. The summed E-state index contributed by atoms with van der Waals surface area (Å²) in [5, 5.41) is 17.8. The number of carbonyl (C=O) groups excluding carboxylic acids is 1. The van der Waals surface area contributed by atoms with E-state index in [2.05, 4.69) is 30.4 Å². The van der Waals surface area contributed by atoms with Gasteiger partial charge in [0.15, 0.2) is 11.6 Å². The maximum atomic E-state index is 15.4. The van der Waals surface area contributed by atoms with E-state index in [0.29, 0.717) is 35.8 Å². The molecule has 0 spiro atoms. The van der Waals surface area contributed by atoms with Gasteiger partial charge in [-0.15, -0.1) is 0 Å². The van der Waals surface area contributed by atoms with Crippen LogP contribution in [-0.2, 0) is 21.5 Å². The van der Waals surface area contributed by atoms with Crippen molar-refractivity contribution in [1.29, 1.82) is 0 Å². The summed E-state index contributed by atoms with van der Waals surface area (Å²) in [7, 11) is 0. The van der Waals surface area contributed by atoms with Crippen LogP contribution in [0.5, 0.6) is 0 Å². The monoisotopic (exact) mass is 627 g/mol. The third-order valence-electron chi connectivity index (χ3n) is 6.16. The van der Waals surface area contributed by atoms with Gasteiger partial charge in [0.25, 0.3) is 0 Å². The quantitative estimate of drug-likeness (QED) is 0.307. The van der Waals surface area contributed by atoms with Crippen molar-refractivity contribution in [1.82, 2.24) is 30.1 Å². The van der Waals surface area contributed by atoms with Crippen molar-refractivity contribution in [3.63, 3.8) is 0 Å². The highest BCUT2D eigenvalue weighted by molar-refractivity contribution is 6.31. The fourth-order valence-corrected chi connectivity index (χ4v) is 4.13. The minimum Gasteiger partial charge on any atom is -0.475 e. The van der Waals surface area contributed by atoms with Crippen LogP contribution >= 0.6 is 11.6 Å². The SMILES string of the molecule is CC(C)(C)c1noc(C(=O)NCc2ccc(-c3ncnn4cc(N5CCOCC5)cc34)c(F)c2Cl)n1.O=C(O)C(F)(F)F. The van der Waals surface area contributed by atoms with Crippen molar-refractivity contribution in [2.45, 2.75) is 38.9 Å². The number of aromatic nitrogens is 5. The summed E-state index contributed by atoms with van der Waals surface area (Å²) >= 11 is 6.37. The summed E-state index contributed by atoms with van der Waals surface area (Å²) < 4.78 is 59.3. The average molecular weight is 628 g/mol. The lowest BCUT2D eigenvalue weighted by atomic mass is 9.96. The number of carboxylic acids is 1. The maximum Gasteiger partial charge on any atom is 0.490 e. The normalized spacial score (nSPS) is 13.9. The first-order chi connectivity index (χ1) is 20.2. The summed E-state index contributed by atoms with van der Waals surface area (Å²) in [4.78, 5) is 32.0. The van der Waals surface area contributed by atoms with Gasteiger partial charge >= 0.3 is 23.9 Å². The highest BCUT2D eigenvalue weighted by Gasteiger charge is 2.38.